The molecule has 0 saturated carbocycles. The van der Waals surface area contributed by atoms with Crippen LogP contribution in [0.2, 0.25) is 5.02 Å². The molecule has 8 heteroatoms. The number of benzene rings is 2. The standard InChI is InChI=1S/C20H15ClFN3O3/c1-28-20(27)13-5-6-16(21)17(9-13)25-18-10-12(7-8-23-18)19(26)24-15-4-2-3-14(22)11-15/h2-11H,1H3,(H,23,25)(H,24,26). The van der Waals surface area contributed by atoms with Crippen molar-refractivity contribution < 1.29 is 18.7 Å². The van der Waals surface area contributed by atoms with E-state index in [0.717, 1.165) is 0 Å². The molecule has 28 heavy (non-hydrogen) atoms. The minimum Gasteiger partial charge on any atom is -0.465 e. The van der Waals surface area contributed by atoms with Crippen LogP contribution in [0.3, 0.4) is 0 Å². The number of hydrogen-bond acceptors (Lipinski definition) is 5. The predicted molar refractivity (Wildman–Crippen MR) is 105 cm³/mol. The highest BCUT2D eigenvalue weighted by atomic mass is 35.5. The van der Waals surface area contributed by atoms with Crippen molar-refractivity contribution in [2.24, 2.45) is 0 Å². The maximum atomic E-state index is 13.3. The summed E-state index contributed by atoms with van der Waals surface area (Å²) in [6.07, 6.45) is 1.45. The van der Waals surface area contributed by atoms with Gasteiger partial charge in [0, 0.05) is 17.4 Å². The summed E-state index contributed by atoms with van der Waals surface area (Å²) in [6, 6.07) is 13.2. The van der Waals surface area contributed by atoms with Gasteiger partial charge in [0.05, 0.1) is 23.4 Å². The Labute approximate surface area is 165 Å². The van der Waals surface area contributed by atoms with Crippen LogP contribution >= 0.6 is 11.6 Å². The van der Waals surface area contributed by atoms with Crippen LogP contribution in [0.5, 0.6) is 0 Å². The molecule has 1 amide bonds. The van der Waals surface area contributed by atoms with Crippen LogP contribution in [0.25, 0.3) is 0 Å². The number of methoxy groups -OCH3 is 1. The van der Waals surface area contributed by atoms with E-state index in [1.165, 1.54) is 55.8 Å². The van der Waals surface area contributed by atoms with Gasteiger partial charge >= 0.3 is 5.97 Å². The lowest BCUT2D eigenvalue weighted by atomic mass is 10.2. The van der Waals surface area contributed by atoms with Crippen LogP contribution in [0, 0.1) is 5.82 Å². The van der Waals surface area contributed by atoms with Crippen molar-refractivity contribution in [2.45, 2.75) is 0 Å². The molecule has 0 fully saturated rings. The van der Waals surface area contributed by atoms with E-state index in [2.05, 4.69) is 15.6 Å². The van der Waals surface area contributed by atoms with Gasteiger partial charge in [0.1, 0.15) is 11.6 Å². The molecule has 142 valence electrons. The van der Waals surface area contributed by atoms with Gasteiger partial charge in [0.15, 0.2) is 0 Å². The lowest BCUT2D eigenvalue weighted by molar-refractivity contribution is 0.0600. The van der Waals surface area contributed by atoms with Crippen LogP contribution < -0.4 is 10.6 Å². The Hall–Kier alpha value is -3.45. The molecule has 0 atom stereocenters. The van der Waals surface area contributed by atoms with E-state index in [9.17, 15) is 14.0 Å². The number of nitrogens with zero attached hydrogens (tertiary/aromatic N) is 1. The number of esters is 1. The van der Waals surface area contributed by atoms with Crippen molar-refractivity contribution in [3.8, 4) is 0 Å². The number of amides is 1. The highest BCUT2D eigenvalue weighted by Gasteiger charge is 2.12. The number of pyridine rings is 1. The number of ether oxygens (including phenoxy) is 1. The van der Waals surface area contributed by atoms with Crippen molar-refractivity contribution in [3.05, 3.63) is 82.8 Å². The Balaban J connectivity index is 1.80. The van der Waals surface area contributed by atoms with Crippen molar-refractivity contribution in [1.29, 1.82) is 0 Å². The number of rotatable bonds is 5. The second-order valence-corrected chi connectivity index (χ2v) is 6.11. The van der Waals surface area contributed by atoms with E-state index >= 15 is 0 Å². The molecule has 0 radical (unpaired) electrons. The van der Waals surface area contributed by atoms with Gasteiger partial charge in [-0.15, -0.1) is 0 Å². The molecule has 0 aliphatic rings. The number of nitrogens with one attached hydrogen (secondary N) is 2. The zero-order chi connectivity index (χ0) is 20.1. The van der Waals surface area contributed by atoms with E-state index in [1.54, 1.807) is 12.1 Å². The van der Waals surface area contributed by atoms with Crippen LogP contribution in [0.4, 0.5) is 21.6 Å². The van der Waals surface area contributed by atoms with Crippen molar-refractivity contribution in [1.82, 2.24) is 4.98 Å². The molecule has 2 N–H and O–H groups in total. The van der Waals surface area contributed by atoms with Crippen molar-refractivity contribution in [2.75, 3.05) is 17.7 Å². The van der Waals surface area contributed by atoms with Gasteiger partial charge in [-0.3, -0.25) is 4.79 Å². The van der Waals surface area contributed by atoms with Gasteiger partial charge in [-0.2, -0.15) is 0 Å². The van der Waals surface area contributed by atoms with Gasteiger partial charge < -0.3 is 15.4 Å². The SMILES string of the molecule is COC(=O)c1ccc(Cl)c(Nc2cc(C(=O)Nc3cccc(F)c3)ccn2)c1. The first-order chi connectivity index (χ1) is 13.5. The van der Waals surface area contributed by atoms with Gasteiger partial charge in [-0.1, -0.05) is 17.7 Å². The second-order valence-electron chi connectivity index (χ2n) is 5.71. The second kappa shape index (κ2) is 8.49. The quantitative estimate of drug-likeness (QED) is 0.610. The lowest BCUT2D eigenvalue weighted by Crippen LogP contribution is -2.12. The number of hydrogen-bond donors (Lipinski definition) is 2. The Bertz CT molecular complexity index is 1040. The first-order valence-electron chi connectivity index (χ1n) is 8.14. The fourth-order valence-electron chi connectivity index (χ4n) is 2.41. The molecule has 0 bridgehead atoms. The highest BCUT2D eigenvalue weighted by molar-refractivity contribution is 6.33. The summed E-state index contributed by atoms with van der Waals surface area (Å²) in [6.45, 7) is 0. The Morgan fingerprint density at radius 1 is 1.07 bits per heavy atom. The minimum atomic E-state index is -0.504. The van der Waals surface area contributed by atoms with Crippen LogP contribution in [-0.2, 0) is 4.74 Å². The van der Waals surface area contributed by atoms with E-state index in [4.69, 9.17) is 16.3 Å². The average Bonchev–Trinajstić information content (AvgIpc) is 2.69. The van der Waals surface area contributed by atoms with E-state index in [1.807, 2.05) is 0 Å². The number of anilines is 3. The molecule has 6 nitrogen and oxygen atoms in total. The zero-order valence-corrected chi connectivity index (χ0v) is 15.5. The molecule has 0 aliphatic heterocycles. The number of carbonyl (C=O) groups excluding carboxylic acids is 2. The molecule has 0 aliphatic carbocycles. The molecule has 1 aromatic heterocycles. The summed E-state index contributed by atoms with van der Waals surface area (Å²) < 4.78 is 18.0. The number of carbonyl (C=O) groups is 2. The first kappa shape index (κ1) is 19.3. The predicted octanol–water partition coefficient (Wildman–Crippen LogP) is 4.66. The van der Waals surface area contributed by atoms with Crippen molar-refractivity contribution in [3.63, 3.8) is 0 Å². The molecular weight excluding hydrogens is 385 g/mol. The Morgan fingerprint density at radius 3 is 2.64 bits per heavy atom. The summed E-state index contributed by atoms with van der Waals surface area (Å²) >= 11 is 6.16. The monoisotopic (exact) mass is 399 g/mol. The largest absolute Gasteiger partial charge is 0.465 e. The molecule has 3 aromatic rings. The molecule has 0 spiro atoms. The highest BCUT2D eigenvalue weighted by Crippen LogP contribution is 2.26. The van der Waals surface area contributed by atoms with E-state index in [0.29, 0.717) is 33.3 Å². The summed E-state index contributed by atoms with van der Waals surface area (Å²) in [4.78, 5) is 28.2. The molecular formula is C20H15ClFN3O3. The number of aromatic nitrogens is 1. The molecule has 0 saturated heterocycles. The molecule has 3 rings (SSSR count). The van der Waals surface area contributed by atoms with Gasteiger partial charge in [0.2, 0.25) is 0 Å². The molecule has 2 aromatic carbocycles. The summed E-state index contributed by atoms with van der Waals surface area (Å²) in [7, 11) is 1.28. The van der Waals surface area contributed by atoms with Gasteiger partial charge in [-0.05, 0) is 48.5 Å². The Morgan fingerprint density at radius 2 is 1.89 bits per heavy atom. The molecule has 0 unspecified atom stereocenters. The van der Waals surface area contributed by atoms with Crippen molar-refractivity contribution >= 4 is 40.7 Å². The third-order valence-corrected chi connectivity index (χ3v) is 4.08. The smallest absolute Gasteiger partial charge is 0.337 e. The lowest BCUT2D eigenvalue weighted by Gasteiger charge is -2.11. The fraction of sp³-hybridized carbons (Fsp3) is 0.0500. The Kier molecular flexibility index (Phi) is 5.86. The summed E-state index contributed by atoms with van der Waals surface area (Å²) in [5, 5.41) is 5.95. The maximum absolute atomic E-state index is 13.3. The fourth-order valence-corrected chi connectivity index (χ4v) is 2.58. The normalized spacial score (nSPS) is 10.2. The third kappa shape index (κ3) is 4.63. The van der Waals surface area contributed by atoms with Crippen LogP contribution in [0.1, 0.15) is 20.7 Å². The van der Waals surface area contributed by atoms with Crippen LogP contribution in [0.15, 0.2) is 60.8 Å². The topological polar surface area (TPSA) is 80.3 Å². The van der Waals surface area contributed by atoms with Gasteiger partial charge in [-0.25, -0.2) is 14.2 Å². The van der Waals surface area contributed by atoms with E-state index in [-0.39, 0.29) is 0 Å². The van der Waals surface area contributed by atoms with Crippen LogP contribution in [-0.4, -0.2) is 24.0 Å². The summed E-state index contributed by atoms with van der Waals surface area (Å²) in [5.74, 6) is -1.04. The van der Waals surface area contributed by atoms with Gasteiger partial charge in [0.25, 0.3) is 5.91 Å². The number of halogens is 2. The zero-order valence-electron chi connectivity index (χ0n) is 14.7. The summed E-state index contributed by atoms with van der Waals surface area (Å²) in [5.41, 5.74) is 1.39. The third-order valence-electron chi connectivity index (χ3n) is 3.75. The van der Waals surface area contributed by atoms with E-state index < -0.39 is 17.7 Å². The maximum Gasteiger partial charge on any atom is 0.337 e. The first-order valence-corrected chi connectivity index (χ1v) is 8.52. The average molecular weight is 400 g/mol. The molecule has 1 heterocycles. The minimum absolute atomic E-state index is 0.307.